The van der Waals surface area contributed by atoms with Crippen LogP contribution in [0.2, 0.25) is 0 Å². The molecule has 2 aromatic heterocycles. The van der Waals surface area contributed by atoms with E-state index in [-0.39, 0.29) is 11.9 Å². The van der Waals surface area contributed by atoms with Crippen LogP contribution in [0.15, 0.2) is 73.3 Å². The maximum Gasteiger partial charge on any atom is 0.220 e. The van der Waals surface area contributed by atoms with E-state index in [2.05, 4.69) is 22.3 Å². The second kappa shape index (κ2) is 9.00. The Balaban J connectivity index is 1.37. The minimum Gasteiger partial charge on any atom is -0.350 e. The van der Waals surface area contributed by atoms with Gasteiger partial charge in [-0.15, -0.1) is 0 Å². The van der Waals surface area contributed by atoms with Crippen LogP contribution in [0.1, 0.15) is 41.9 Å². The van der Waals surface area contributed by atoms with Gasteiger partial charge in [0, 0.05) is 30.2 Å². The molecule has 0 aliphatic rings. The molecule has 2 heterocycles. The van der Waals surface area contributed by atoms with Crippen LogP contribution >= 0.6 is 0 Å². The van der Waals surface area contributed by atoms with E-state index in [1.165, 1.54) is 0 Å². The van der Waals surface area contributed by atoms with E-state index >= 15 is 0 Å². The third-order valence-corrected chi connectivity index (χ3v) is 5.62. The lowest BCUT2D eigenvalue weighted by Crippen LogP contribution is -2.26. The summed E-state index contributed by atoms with van der Waals surface area (Å²) in [6.45, 7) is 6.07. The summed E-state index contributed by atoms with van der Waals surface area (Å²) in [5, 5.41) is 7.79. The standard InChI is InChI=1S/C25H27N5O/c1-18(21-9-11-22(12-10-21)29-16-15-26-17-29)27-25(31)14-13-24-19(2)28-30(20(24)3)23-7-5-4-6-8-23/h4-12,15-18H,13-14H2,1-3H3,(H,27,31)/t18-/m1/s1. The molecule has 31 heavy (non-hydrogen) atoms. The molecule has 0 saturated heterocycles. The van der Waals surface area contributed by atoms with Gasteiger partial charge in [0.05, 0.1) is 23.8 Å². The van der Waals surface area contributed by atoms with Crippen LogP contribution in [0.5, 0.6) is 0 Å². The zero-order valence-corrected chi connectivity index (χ0v) is 18.1. The summed E-state index contributed by atoms with van der Waals surface area (Å²) in [5.41, 5.74) is 6.34. The first kappa shape index (κ1) is 20.6. The molecule has 0 bridgehead atoms. The van der Waals surface area contributed by atoms with E-state index in [1.54, 1.807) is 12.5 Å². The molecule has 0 spiro atoms. The van der Waals surface area contributed by atoms with Gasteiger partial charge >= 0.3 is 0 Å². The van der Waals surface area contributed by atoms with Crippen molar-refractivity contribution in [2.45, 2.75) is 39.7 Å². The second-order valence-electron chi connectivity index (χ2n) is 7.75. The quantitative estimate of drug-likeness (QED) is 0.486. The Bertz CT molecular complexity index is 1140. The number of carbonyl (C=O) groups excluding carboxylic acids is 1. The first-order chi connectivity index (χ1) is 15.0. The SMILES string of the molecule is Cc1nn(-c2ccccc2)c(C)c1CCC(=O)N[C@H](C)c1ccc(-n2ccnc2)cc1. The molecule has 1 atom stereocenters. The lowest BCUT2D eigenvalue weighted by molar-refractivity contribution is -0.121. The molecule has 2 aromatic carbocycles. The summed E-state index contributed by atoms with van der Waals surface area (Å²) in [5.74, 6) is 0.0393. The third-order valence-electron chi connectivity index (χ3n) is 5.62. The van der Waals surface area contributed by atoms with Crippen molar-refractivity contribution in [1.82, 2.24) is 24.6 Å². The fourth-order valence-corrected chi connectivity index (χ4v) is 3.84. The van der Waals surface area contributed by atoms with Gasteiger partial charge in [0.15, 0.2) is 0 Å². The fraction of sp³-hybridized carbons (Fsp3) is 0.240. The van der Waals surface area contributed by atoms with Gasteiger partial charge in [-0.1, -0.05) is 30.3 Å². The number of aryl methyl sites for hydroxylation is 1. The summed E-state index contributed by atoms with van der Waals surface area (Å²) < 4.78 is 3.90. The highest BCUT2D eigenvalue weighted by Crippen LogP contribution is 2.20. The molecule has 1 amide bonds. The van der Waals surface area contributed by atoms with Gasteiger partial charge < -0.3 is 9.88 Å². The predicted octanol–water partition coefficient (Wildman–Crippen LogP) is 4.48. The first-order valence-electron chi connectivity index (χ1n) is 10.5. The van der Waals surface area contributed by atoms with Crippen LogP contribution in [0.3, 0.4) is 0 Å². The van der Waals surface area contributed by atoms with Crippen molar-refractivity contribution in [3.05, 3.63) is 95.8 Å². The normalized spacial score (nSPS) is 12.0. The molecule has 6 nitrogen and oxygen atoms in total. The highest BCUT2D eigenvalue weighted by atomic mass is 16.1. The fourth-order valence-electron chi connectivity index (χ4n) is 3.84. The van der Waals surface area contributed by atoms with Gasteiger partial charge in [0.2, 0.25) is 5.91 Å². The van der Waals surface area contributed by atoms with Gasteiger partial charge in [0.1, 0.15) is 0 Å². The molecule has 4 rings (SSSR count). The zero-order valence-electron chi connectivity index (χ0n) is 18.1. The Morgan fingerprint density at radius 2 is 1.77 bits per heavy atom. The number of hydrogen-bond acceptors (Lipinski definition) is 3. The Morgan fingerprint density at radius 3 is 2.45 bits per heavy atom. The molecular formula is C25H27N5O. The number of hydrogen-bond donors (Lipinski definition) is 1. The molecule has 0 aliphatic heterocycles. The van der Waals surface area contributed by atoms with Gasteiger partial charge in [-0.3, -0.25) is 4.79 Å². The molecule has 0 aliphatic carbocycles. The largest absolute Gasteiger partial charge is 0.350 e. The van der Waals surface area contributed by atoms with Crippen LogP contribution in [0.4, 0.5) is 0 Å². The maximum atomic E-state index is 12.6. The third kappa shape index (κ3) is 4.58. The smallest absolute Gasteiger partial charge is 0.220 e. The number of aromatic nitrogens is 4. The first-order valence-corrected chi connectivity index (χ1v) is 10.5. The average Bonchev–Trinajstić information content (AvgIpc) is 3.42. The number of amides is 1. The van der Waals surface area contributed by atoms with Crippen molar-refractivity contribution in [3.63, 3.8) is 0 Å². The number of carbonyl (C=O) groups is 1. The van der Waals surface area contributed by atoms with Gasteiger partial charge in [0.25, 0.3) is 0 Å². The minimum atomic E-state index is -0.0569. The van der Waals surface area contributed by atoms with Crippen molar-refractivity contribution in [3.8, 4) is 11.4 Å². The Kier molecular flexibility index (Phi) is 5.98. The number of para-hydroxylation sites is 1. The highest BCUT2D eigenvalue weighted by molar-refractivity contribution is 5.76. The van der Waals surface area contributed by atoms with Crippen molar-refractivity contribution in [1.29, 1.82) is 0 Å². The highest BCUT2D eigenvalue weighted by Gasteiger charge is 2.15. The molecule has 6 heteroatoms. The summed E-state index contributed by atoms with van der Waals surface area (Å²) >= 11 is 0. The molecular weight excluding hydrogens is 386 g/mol. The molecule has 0 unspecified atom stereocenters. The summed E-state index contributed by atoms with van der Waals surface area (Å²) in [4.78, 5) is 16.7. The van der Waals surface area contributed by atoms with E-state index in [0.29, 0.717) is 12.8 Å². The van der Waals surface area contributed by atoms with Crippen LogP contribution in [-0.2, 0) is 11.2 Å². The molecule has 1 N–H and O–H groups in total. The zero-order chi connectivity index (χ0) is 21.8. The minimum absolute atomic E-state index is 0.0393. The van der Waals surface area contributed by atoms with Crippen molar-refractivity contribution in [2.24, 2.45) is 0 Å². The van der Waals surface area contributed by atoms with Crippen LogP contribution < -0.4 is 5.32 Å². The lowest BCUT2D eigenvalue weighted by Gasteiger charge is -2.15. The molecule has 158 valence electrons. The summed E-state index contributed by atoms with van der Waals surface area (Å²) in [6, 6.07) is 18.2. The molecule has 0 radical (unpaired) electrons. The maximum absolute atomic E-state index is 12.6. The Morgan fingerprint density at radius 1 is 1.03 bits per heavy atom. The van der Waals surface area contributed by atoms with E-state index in [0.717, 1.165) is 33.9 Å². The van der Waals surface area contributed by atoms with Crippen molar-refractivity contribution < 1.29 is 4.79 Å². The summed E-state index contributed by atoms with van der Waals surface area (Å²) in [7, 11) is 0. The molecule has 0 fully saturated rings. The van der Waals surface area contributed by atoms with Crippen molar-refractivity contribution in [2.75, 3.05) is 0 Å². The number of nitrogens with one attached hydrogen (secondary N) is 1. The molecule has 0 saturated carbocycles. The lowest BCUT2D eigenvalue weighted by atomic mass is 10.1. The van der Waals surface area contributed by atoms with Gasteiger partial charge in [-0.2, -0.15) is 5.10 Å². The molecule has 4 aromatic rings. The predicted molar refractivity (Wildman–Crippen MR) is 121 cm³/mol. The monoisotopic (exact) mass is 413 g/mol. The number of nitrogens with zero attached hydrogens (tertiary/aromatic N) is 4. The van der Waals surface area contributed by atoms with Crippen molar-refractivity contribution >= 4 is 5.91 Å². The number of rotatable bonds is 7. The van der Waals surface area contributed by atoms with Crippen LogP contribution in [0.25, 0.3) is 11.4 Å². The van der Waals surface area contributed by atoms with E-state index in [4.69, 9.17) is 0 Å². The Labute approximate surface area is 182 Å². The topological polar surface area (TPSA) is 64.7 Å². The van der Waals surface area contributed by atoms with E-state index in [9.17, 15) is 4.79 Å². The number of imidazole rings is 1. The van der Waals surface area contributed by atoms with Gasteiger partial charge in [-0.05, 0) is 62.6 Å². The number of benzene rings is 2. The van der Waals surface area contributed by atoms with Crippen LogP contribution in [0, 0.1) is 13.8 Å². The van der Waals surface area contributed by atoms with E-state index < -0.39 is 0 Å². The Hall–Kier alpha value is -3.67. The average molecular weight is 414 g/mol. The summed E-state index contributed by atoms with van der Waals surface area (Å²) in [6.07, 6.45) is 6.53. The van der Waals surface area contributed by atoms with Gasteiger partial charge in [-0.25, -0.2) is 9.67 Å². The van der Waals surface area contributed by atoms with E-state index in [1.807, 2.05) is 83.9 Å². The second-order valence-corrected chi connectivity index (χ2v) is 7.75. The van der Waals surface area contributed by atoms with Crippen LogP contribution in [-0.4, -0.2) is 25.2 Å².